The Kier molecular flexibility index (Phi) is 3.54. The van der Waals surface area contributed by atoms with Crippen LogP contribution >= 0.6 is 0 Å². The van der Waals surface area contributed by atoms with Crippen molar-refractivity contribution in [3.63, 3.8) is 0 Å². The normalized spacial score (nSPS) is 16.8. The van der Waals surface area contributed by atoms with Crippen molar-refractivity contribution in [3.8, 4) is 0 Å². The maximum atomic E-state index is 11.6. The van der Waals surface area contributed by atoms with Crippen molar-refractivity contribution < 1.29 is 9.53 Å². The fourth-order valence-electron chi connectivity index (χ4n) is 2.10. The lowest BCUT2D eigenvalue weighted by Gasteiger charge is -2.20. The highest BCUT2D eigenvalue weighted by molar-refractivity contribution is 5.84. The van der Waals surface area contributed by atoms with Crippen LogP contribution in [0, 0.1) is 0 Å². The molecule has 2 rings (SSSR count). The van der Waals surface area contributed by atoms with Crippen molar-refractivity contribution in [3.05, 3.63) is 29.8 Å². The molecule has 0 aromatic heterocycles. The number of rotatable bonds is 3. The van der Waals surface area contributed by atoms with Gasteiger partial charge >= 0.3 is 6.09 Å². The van der Waals surface area contributed by atoms with Crippen molar-refractivity contribution in [2.75, 3.05) is 12.4 Å². The standard InChI is InChI=1S/C15H22N2O2/c1-14(2,3)19-13(18)17-12-7-5-11(6-8-12)15(16-4)9-10-15/h5-8,16H,9-10H2,1-4H3,(H,17,18). The van der Waals surface area contributed by atoms with Gasteiger partial charge in [0, 0.05) is 11.2 Å². The van der Waals surface area contributed by atoms with E-state index >= 15 is 0 Å². The molecule has 4 heteroatoms. The van der Waals surface area contributed by atoms with Crippen LogP contribution < -0.4 is 10.6 Å². The lowest BCUT2D eigenvalue weighted by atomic mass is 10.0. The van der Waals surface area contributed by atoms with Gasteiger partial charge in [0.15, 0.2) is 0 Å². The van der Waals surface area contributed by atoms with Crippen molar-refractivity contribution >= 4 is 11.8 Å². The average Bonchev–Trinajstić information content (AvgIpc) is 3.08. The number of hydrogen-bond donors (Lipinski definition) is 2. The summed E-state index contributed by atoms with van der Waals surface area (Å²) in [6, 6.07) is 7.93. The van der Waals surface area contributed by atoms with Crippen molar-refractivity contribution in [2.45, 2.75) is 44.8 Å². The molecular weight excluding hydrogens is 240 g/mol. The van der Waals surface area contributed by atoms with Gasteiger partial charge in [-0.25, -0.2) is 4.79 Å². The summed E-state index contributed by atoms with van der Waals surface area (Å²) >= 11 is 0. The molecule has 0 atom stereocenters. The fraction of sp³-hybridized carbons (Fsp3) is 0.533. The molecule has 4 nitrogen and oxygen atoms in total. The Morgan fingerprint density at radius 3 is 2.21 bits per heavy atom. The number of carbonyl (C=O) groups is 1. The second kappa shape index (κ2) is 4.85. The number of anilines is 1. The molecule has 0 aliphatic heterocycles. The van der Waals surface area contributed by atoms with Gasteiger partial charge < -0.3 is 10.1 Å². The van der Waals surface area contributed by atoms with Gasteiger partial charge in [-0.1, -0.05) is 12.1 Å². The minimum Gasteiger partial charge on any atom is -0.444 e. The second-order valence-electron chi connectivity index (χ2n) is 6.04. The van der Waals surface area contributed by atoms with Crippen LogP contribution in [0.15, 0.2) is 24.3 Å². The van der Waals surface area contributed by atoms with Gasteiger partial charge in [0.25, 0.3) is 0 Å². The Labute approximate surface area is 114 Å². The smallest absolute Gasteiger partial charge is 0.412 e. The second-order valence-corrected chi connectivity index (χ2v) is 6.04. The Morgan fingerprint density at radius 2 is 1.79 bits per heavy atom. The van der Waals surface area contributed by atoms with E-state index in [0.717, 1.165) is 5.69 Å². The number of amides is 1. The van der Waals surface area contributed by atoms with E-state index < -0.39 is 11.7 Å². The summed E-state index contributed by atoms with van der Waals surface area (Å²) in [4.78, 5) is 11.6. The number of ether oxygens (including phenoxy) is 1. The largest absolute Gasteiger partial charge is 0.444 e. The van der Waals surface area contributed by atoms with Gasteiger partial charge in [0.05, 0.1) is 0 Å². The van der Waals surface area contributed by atoms with E-state index in [-0.39, 0.29) is 5.54 Å². The molecule has 1 aliphatic carbocycles. The maximum Gasteiger partial charge on any atom is 0.412 e. The number of hydrogen-bond acceptors (Lipinski definition) is 3. The Morgan fingerprint density at radius 1 is 1.21 bits per heavy atom. The average molecular weight is 262 g/mol. The minimum atomic E-state index is -0.478. The molecule has 1 aromatic rings. The lowest BCUT2D eigenvalue weighted by molar-refractivity contribution is 0.0636. The molecule has 0 saturated heterocycles. The van der Waals surface area contributed by atoms with E-state index in [9.17, 15) is 4.79 Å². The number of carbonyl (C=O) groups excluding carboxylic acids is 1. The molecular formula is C15H22N2O2. The van der Waals surface area contributed by atoms with E-state index in [2.05, 4.69) is 22.8 Å². The van der Waals surface area contributed by atoms with Crippen LogP contribution in [-0.2, 0) is 10.3 Å². The first-order chi connectivity index (χ1) is 8.85. The molecule has 1 saturated carbocycles. The number of benzene rings is 1. The molecule has 0 radical (unpaired) electrons. The quantitative estimate of drug-likeness (QED) is 0.879. The number of nitrogens with one attached hydrogen (secondary N) is 2. The van der Waals surface area contributed by atoms with E-state index in [0.29, 0.717) is 0 Å². The summed E-state index contributed by atoms with van der Waals surface area (Å²) in [7, 11) is 1.99. The molecule has 1 fully saturated rings. The van der Waals surface area contributed by atoms with Gasteiger partial charge in [-0.2, -0.15) is 0 Å². The van der Waals surface area contributed by atoms with Crippen LogP contribution in [0.25, 0.3) is 0 Å². The molecule has 0 bridgehead atoms. The predicted octanol–water partition coefficient (Wildman–Crippen LogP) is 3.24. The van der Waals surface area contributed by atoms with Crippen molar-refractivity contribution in [1.29, 1.82) is 0 Å². The highest BCUT2D eigenvalue weighted by atomic mass is 16.6. The Balaban J connectivity index is 1.98. The molecule has 1 aromatic carbocycles. The molecule has 0 spiro atoms. The van der Waals surface area contributed by atoms with E-state index in [4.69, 9.17) is 4.74 Å². The molecule has 0 unspecified atom stereocenters. The van der Waals surface area contributed by atoms with Gasteiger partial charge in [-0.05, 0) is 58.4 Å². The van der Waals surface area contributed by atoms with Gasteiger partial charge in [0.1, 0.15) is 5.60 Å². The third kappa shape index (κ3) is 3.47. The minimum absolute atomic E-state index is 0.157. The Hall–Kier alpha value is -1.55. The van der Waals surface area contributed by atoms with E-state index in [1.54, 1.807) is 0 Å². The summed E-state index contributed by atoms with van der Waals surface area (Å²) in [6.45, 7) is 5.54. The van der Waals surface area contributed by atoms with Gasteiger partial charge in [0.2, 0.25) is 0 Å². The zero-order valence-corrected chi connectivity index (χ0v) is 12.0. The molecule has 1 aliphatic rings. The zero-order chi connectivity index (χ0) is 14.1. The first-order valence-corrected chi connectivity index (χ1v) is 6.64. The third-order valence-corrected chi connectivity index (χ3v) is 3.31. The SMILES string of the molecule is CNC1(c2ccc(NC(=O)OC(C)(C)C)cc2)CC1. The summed E-state index contributed by atoms with van der Waals surface area (Å²) in [5.74, 6) is 0. The molecule has 1 amide bonds. The molecule has 2 N–H and O–H groups in total. The van der Waals surface area contributed by atoms with E-state index in [1.165, 1.54) is 18.4 Å². The van der Waals surface area contributed by atoms with Crippen LogP contribution in [0.3, 0.4) is 0 Å². The first kappa shape index (κ1) is 13.9. The Bertz CT molecular complexity index is 456. The van der Waals surface area contributed by atoms with Crippen LogP contribution in [0.4, 0.5) is 10.5 Å². The monoisotopic (exact) mass is 262 g/mol. The van der Waals surface area contributed by atoms with Crippen LogP contribution in [0.1, 0.15) is 39.2 Å². The van der Waals surface area contributed by atoms with Crippen LogP contribution in [-0.4, -0.2) is 18.7 Å². The topological polar surface area (TPSA) is 50.4 Å². The van der Waals surface area contributed by atoms with Crippen molar-refractivity contribution in [1.82, 2.24) is 5.32 Å². The highest BCUT2D eigenvalue weighted by Gasteiger charge is 2.42. The summed E-state index contributed by atoms with van der Waals surface area (Å²) in [6.07, 6.45) is 1.92. The lowest BCUT2D eigenvalue weighted by Crippen LogP contribution is -2.27. The summed E-state index contributed by atoms with van der Waals surface area (Å²) in [5, 5.41) is 6.08. The summed E-state index contributed by atoms with van der Waals surface area (Å²) in [5.41, 5.74) is 1.70. The van der Waals surface area contributed by atoms with Gasteiger partial charge in [-0.3, -0.25) is 5.32 Å². The third-order valence-electron chi connectivity index (χ3n) is 3.31. The fourth-order valence-corrected chi connectivity index (χ4v) is 2.10. The predicted molar refractivity (Wildman–Crippen MR) is 76.3 cm³/mol. The van der Waals surface area contributed by atoms with Crippen molar-refractivity contribution in [2.24, 2.45) is 0 Å². The molecule has 104 valence electrons. The van der Waals surface area contributed by atoms with E-state index in [1.807, 2.05) is 40.0 Å². The summed E-state index contributed by atoms with van der Waals surface area (Å²) < 4.78 is 5.21. The first-order valence-electron chi connectivity index (χ1n) is 6.64. The molecule has 0 heterocycles. The maximum absolute atomic E-state index is 11.6. The van der Waals surface area contributed by atoms with Gasteiger partial charge in [-0.15, -0.1) is 0 Å². The zero-order valence-electron chi connectivity index (χ0n) is 12.0. The molecule has 19 heavy (non-hydrogen) atoms. The van der Waals surface area contributed by atoms with Crippen LogP contribution in [0.5, 0.6) is 0 Å². The highest BCUT2D eigenvalue weighted by Crippen LogP contribution is 2.45. The van der Waals surface area contributed by atoms with Crippen LogP contribution in [0.2, 0.25) is 0 Å².